The number of hydrogen-bond acceptors (Lipinski definition) is 6. The van der Waals surface area contributed by atoms with E-state index in [-0.39, 0.29) is 12.1 Å². The van der Waals surface area contributed by atoms with Crippen LogP contribution >= 0.6 is 0 Å². The van der Waals surface area contributed by atoms with Gasteiger partial charge >= 0.3 is 6.09 Å². The highest BCUT2D eigenvalue weighted by atomic mass is 16.6. The van der Waals surface area contributed by atoms with E-state index in [1.165, 1.54) is 5.56 Å². The molecule has 0 saturated carbocycles. The highest BCUT2D eigenvalue weighted by Gasteiger charge is 2.24. The SMILES string of the molecule is CCOC(=O)N1CCC(Nc2nc(C)cc(Nc3ccc(C)cc3)n2)CC1. The first-order valence-corrected chi connectivity index (χ1v) is 9.41. The molecule has 27 heavy (non-hydrogen) atoms. The maximum Gasteiger partial charge on any atom is 0.409 e. The lowest BCUT2D eigenvalue weighted by atomic mass is 10.1. The van der Waals surface area contributed by atoms with E-state index < -0.39 is 0 Å². The number of carbonyl (C=O) groups excluding carboxylic acids is 1. The molecule has 2 aromatic rings. The Morgan fingerprint density at radius 2 is 1.89 bits per heavy atom. The van der Waals surface area contributed by atoms with Crippen molar-refractivity contribution in [3.8, 4) is 0 Å². The van der Waals surface area contributed by atoms with E-state index in [9.17, 15) is 4.79 Å². The van der Waals surface area contributed by atoms with Crippen LogP contribution in [0.4, 0.5) is 22.2 Å². The number of likely N-dealkylation sites (tertiary alicyclic amines) is 1. The van der Waals surface area contributed by atoms with Crippen molar-refractivity contribution in [2.45, 2.75) is 39.7 Å². The van der Waals surface area contributed by atoms with Gasteiger partial charge in [0, 0.05) is 36.6 Å². The van der Waals surface area contributed by atoms with E-state index in [0.717, 1.165) is 30.0 Å². The third-order valence-corrected chi connectivity index (χ3v) is 4.53. The zero-order chi connectivity index (χ0) is 19.2. The predicted molar refractivity (Wildman–Crippen MR) is 106 cm³/mol. The van der Waals surface area contributed by atoms with Crippen molar-refractivity contribution in [1.82, 2.24) is 14.9 Å². The molecule has 2 heterocycles. The maximum absolute atomic E-state index is 11.8. The number of piperidine rings is 1. The number of aryl methyl sites for hydroxylation is 2. The monoisotopic (exact) mass is 369 g/mol. The van der Waals surface area contributed by atoms with Gasteiger partial charge in [0.25, 0.3) is 0 Å². The van der Waals surface area contributed by atoms with Crippen LogP contribution in [-0.4, -0.2) is 46.7 Å². The Kier molecular flexibility index (Phi) is 6.11. The number of carbonyl (C=O) groups is 1. The largest absolute Gasteiger partial charge is 0.450 e. The fourth-order valence-corrected chi connectivity index (χ4v) is 3.09. The summed E-state index contributed by atoms with van der Waals surface area (Å²) in [6.07, 6.45) is 1.46. The van der Waals surface area contributed by atoms with Crippen LogP contribution in [0.3, 0.4) is 0 Å². The molecule has 0 atom stereocenters. The molecule has 2 N–H and O–H groups in total. The van der Waals surface area contributed by atoms with Gasteiger partial charge in [0.05, 0.1) is 6.61 Å². The van der Waals surface area contributed by atoms with Gasteiger partial charge in [-0.15, -0.1) is 0 Å². The minimum atomic E-state index is -0.229. The van der Waals surface area contributed by atoms with Gasteiger partial charge in [-0.25, -0.2) is 9.78 Å². The molecule has 1 aromatic heterocycles. The van der Waals surface area contributed by atoms with Gasteiger partial charge in [0.15, 0.2) is 0 Å². The number of anilines is 3. The molecule has 144 valence electrons. The number of amides is 1. The van der Waals surface area contributed by atoms with Gasteiger partial charge in [0.2, 0.25) is 5.95 Å². The number of ether oxygens (including phenoxy) is 1. The van der Waals surface area contributed by atoms with Crippen molar-refractivity contribution in [1.29, 1.82) is 0 Å². The lowest BCUT2D eigenvalue weighted by Crippen LogP contribution is -2.42. The van der Waals surface area contributed by atoms with E-state index >= 15 is 0 Å². The van der Waals surface area contributed by atoms with Gasteiger partial charge < -0.3 is 20.3 Å². The Balaban J connectivity index is 1.60. The van der Waals surface area contributed by atoms with Gasteiger partial charge in [-0.2, -0.15) is 4.98 Å². The first-order chi connectivity index (χ1) is 13.0. The van der Waals surface area contributed by atoms with Crippen LogP contribution in [0.15, 0.2) is 30.3 Å². The molecular formula is C20H27N5O2. The molecular weight excluding hydrogens is 342 g/mol. The second kappa shape index (κ2) is 8.70. The first-order valence-electron chi connectivity index (χ1n) is 9.41. The van der Waals surface area contributed by atoms with E-state index in [1.807, 2.05) is 32.0 Å². The van der Waals surface area contributed by atoms with E-state index in [1.54, 1.807) is 4.90 Å². The molecule has 1 aromatic carbocycles. The zero-order valence-electron chi connectivity index (χ0n) is 16.2. The minimum Gasteiger partial charge on any atom is -0.450 e. The molecule has 7 heteroatoms. The van der Waals surface area contributed by atoms with Gasteiger partial charge in [-0.3, -0.25) is 0 Å². The second-order valence-electron chi connectivity index (χ2n) is 6.81. The summed E-state index contributed by atoms with van der Waals surface area (Å²) in [6, 6.07) is 10.4. The molecule has 0 spiro atoms. The van der Waals surface area contributed by atoms with Crippen molar-refractivity contribution in [3.63, 3.8) is 0 Å². The molecule has 3 rings (SSSR count). The number of hydrogen-bond donors (Lipinski definition) is 2. The number of nitrogens with one attached hydrogen (secondary N) is 2. The van der Waals surface area contributed by atoms with Gasteiger partial charge in [-0.05, 0) is 45.7 Å². The third-order valence-electron chi connectivity index (χ3n) is 4.53. The molecule has 1 fully saturated rings. The second-order valence-corrected chi connectivity index (χ2v) is 6.81. The van der Waals surface area contributed by atoms with Crippen LogP contribution in [0.2, 0.25) is 0 Å². The lowest BCUT2D eigenvalue weighted by molar-refractivity contribution is 0.0983. The Labute approximate surface area is 160 Å². The standard InChI is InChI=1S/C20H27N5O2/c1-4-27-20(26)25-11-9-17(10-12-25)23-19-21-15(3)13-18(24-19)22-16-7-5-14(2)6-8-16/h5-8,13,17H,4,9-12H2,1-3H3,(H2,21,22,23,24). The summed E-state index contributed by atoms with van der Waals surface area (Å²) in [6.45, 7) is 7.60. The predicted octanol–water partition coefficient (Wildman–Crippen LogP) is 3.87. The highest BCUT2D eigenvalue weighted by Crippen LogP contribution is 2.19. The molecule has 7 nitrogen and oxygen atoms in total. The summed E-state index contributed by atoms with van der Waals surface area (Å²) in [7, 11) is 0. The van der Waals surface area contributed by atoms with Gasteiger partial charge in [0.1, 0.15) is 5.82 Å². The Bertz CT molecular complexity index is 770. The van der Waals surface area contributed by atoms with Crippen molar-refractivity contribution >= 4 is 23.5 Å². The summed E-state index contributed by atoms with van der Waals surface area (Å²) in [5, 5.41) is 6.73. The number of rotatable bonds is 5. The highest BCUT2D eigenvalue weighted by molar-refractivity contribution is 5.67. The first kappa shape index (κ1) is 18.9. The van der Waals surface area contributed by atoms with Crippen molar-refractivity contribution < 1.29 is 9.53 Å². The van der Waals surface area contributed by atoms with E-state index in [2.05, 4.69) is 39.7 Å². The van der Waals surface area contributed by atoms with Crippen molar-refractivity contribution in [2.24, 2.45) is 0 Å². The van der Waals surface area contributed by atoms with Crippen molar-refractivity contribution in [2.75, 3.05) is 30.3 Å². The van der Waals surface area contributed by atoms with Crippen LogP contribution < -0.4 is 10.6 Å². The smallest absolute Gasteiger partial charge is 0.409 e. The number of aromatic nitrogens is 2. The van der Waals surface area contributed by atoms with Gasteiger partial charge in [-0.1, -0.05) is 17.7 Å². The lowest BCUT2D eigenvalue weighted by Gasteiger charge is -2.31. The molecule has 0 bridgehead atoms. The maximum atomic E-state index is 11.8. The zero-order valence-corrected chi connectivity index (χ0v) is 16.2. The van der Waals surface area contributed by atoms with Crippen LogP contribution in [-0.2, 0) is 4.74 Å². The van der Waals surface area contributed by atoms with Crippen LogP contribution in [0.5, 0.6) is 0 Å². The summed E-state index contributed by atoms with van der Waals surface area (Å²) < 4.78 is 5.06. The molecule has 0 unspecified atom stereocenters. The molecule has 1 aliphatic heterocycles. The minimum absolute atomic E-state index is 0.229. The molecule has 1 saturated heterocycles. The third kappa shape index (κ3) is 5.32. The quantitative estimate of drug-likeness (QED) is 0.833. The van der Waals surface area contributed by atoms with Crippen LogP contribution in [0, 0.1) is 13.8 Å². The van der Waals surface area contributed by atoms with E-state index in [0.29, 0.717) is 25.6 Å². The average molecular weight is 369 g/mol. The molecule has 0 aliphatic carbocycles. The molecule has 1 amide bonds. The fourth-order valence-electron chi connectivity index (χ4n) is 3.09. The summed E-state index contributed by atoms with van der Waals surface area (Å²) >= 11 is 0. The fraction of sp³-hybridized carbons (Fsp3) is 0.450. The Morgan fingerprint density at radius 1 is 1.19 bits per heavy atom. The summed E-state index contributed by atoms with van der Waals surface area (Å²) in [4.78, 5) is 22.6. The summed E-state index contributed by atoms with van der Waals surface area (Å²) in [5.74, 6) is 1.37. The topological polar surface area (TPSA) is 79.4 Å². The summed E-state index contributed by atoms with van der Waals surface area (Å²) in [5.41, 5.74) is 3.11. The number of benzene rings is 1. The normalized spacial score (nSPS) is 14.7. The van der Waals surface area contributed by atoms with E-state index in [4.69, 9.17) is 4.74 Å². The van der Waals surface area contributed by atoms with Crippen LogP contribution in [0.25, 0.3) is 0 Å². The molecule has 0 radical (unpaired) electrons. The Morgan fingerprint density at radius 3 is 2.56 bits per heavy atom. The van der Waals surface area contributed by atoms with Crippen LogP contribution in [0.1, 0.15) is 31.0 Å². The number of nitrogens with zero attached hydrogens (tertiary/aromatic N) is 3. The average Bonchev–Trinajstić information content (AvgIpc) is 2.64. The van der Waals surface area contributed by atoms with Crippen molar-refractivity contribution in [3.05, 3.63) is 41.6 Å². The Hall–Kier alpha value is -2.83. The molecule has 1 aliphatic rings.